The molecule has 1 N–H and O–H groups in total. The quantitative estimate of drug-likeness (QED) is 0.764. The largest absolute Gasteiger partial charge is 0.381 e. The molecule has 0 aromatic carbocycles. The van der Waals surface area contributed by atoms with E-state index in [-0.39, 0.29) is 0 Å². The zero-order chi connectivity index (χ0) is 12.8. The van der Waals surface area contributed by atoms with Crippen molar-refractivity contribution < 1.29 is 14.6 Å². The minimum absolute atomic E-state index is 0.420. The van der Waals surface area contributed by atoms with Crippen LogP contribution in [0.2, 0.25) is 5.02 Å². The third-order valence-corrected chi connectivity index (χ3v) is 2.62. The van der Waals surface area contributed by atoms with Gasteiger partial charge in [0.2, 0.25) is 0 Å². The summed E-state index contributed by atoms with van der Waals surface area (Å²) in [5, 5.41) is 14.7. The normalized spacial score (nSPS) is 13.3. The molecular formula is C11H19ClN2O3. The molecule has 1 aromatic heterocycles. The van der Waals surface area contributed by atoms with E-state index in [2.05, 4.69) is 5.10 Å². The Kier molecular flexibility index (Phi) is 5.91. The molecule has 0 bridgehead atoms. The van der Waals surface area contributed by atoms with E-state index in [1.54, 1.807) is 4.68 Å². The van der Waals surface area contributed by atoms with E-state index in [4.69, 9.17) is 21.1 Å². The van der Waals surface area contributed by atoms with Gasteiger partial charge in [0.05, 0.1) is 16.9 Å². The van der Waals surface area contributed by atoms with E-state index in [0.29, 0.717) is 30.5 Å². The summed E-state index contributed by atoms with van der Waals surface area (Å²) < 4.78 is 12.3. The summed E-state index contributed by atoms with van der Waals surface area (Å²) in [6.45, 7) is 7.16. The number of halogens is 1. The van der Waals surface area contributed by atoms with Gasteiger partial charge in [0.1, 0.15) is 6.10 Å². The summed E-state index contributed by atoms with van der Waals surface area (Å²) in [6.07, 6.45) is -0.146. The van der Waals surface area contributed by atoms with Crippen molar-refractivity contribution in [3.05, 3.63) is 16.9 Å². The van der Waals surface area contributed by atoms with Crippen molar-refractivity contribution in [1.82, 2.24) is 9.78 Å². The number of nitrogens with zero attached hydrogens (tertiary/aromatic N) is 2. The van der Waals surface area contributed by atoms with Crippen molar-refractivity contribution >= 4 is 11.6 Å². The molecule has 0 aliphatic heterocycles. The second-order valence-corrected chi connectivity index (χ2v) is 3.82. The van der Waals surface area contributed by atoms with Crippen LogP contribution in [0.25, 0.3) is 0 Å². The van der Waals surface area contributed by atoms with Crippen LogP contribution in [0.4, 0.5) is 0 Å². The molecule has 6 heteroatoms. The maximum atomic E-state index is 10.2. The molecular weight excluding hydrogens is 244 g/mol. The predicted octanol–water partition coefficient (Wildman–Crippen LogP) is 1.99. The molecule has 17 heavy (non-hydrogen) atoms. The lowest BCUT2D eigenvalue weighted by molar-refractivity contribution is -0.193. The van der Waals surface area contributed by atoms with Gasteiger partial charge in [0.15, 0.2) is 6.29 Å². The Bertz CT molecular complexity index is 337. The van der Waals surface area contributed by atoms with Crippen molar-refractivity contribution in [3.8, 4) is 0 Å². The van der Waals surface area contributed by atoms with Crippen LogP contribution in [-0.2, 0) is 16.0 Å². The average Bonchev–Trinajstić information content (AvgIpc) is 2.69. The maximum absolute atomic E-state index is 10.2. The number of rotatable bonds is 7. The highest BCUT2D eigenvalue weighted by atomic mass is 35.5. The van der Waals surface area contributed by atoms with E-state index in [1.807, 2.05) is 20.8 Å². The average molecular weight is 263 g/mol. The zero-order valence-electron chi connectivity index (χ0n) is 10.4. The highest BCUT2D eigenvalue weighted by Crippen LogP contribution is 2.27. The van der Waals surface area contributed by atoms with Crippen molar-refractivity contribution in [2.75, 3.05) is 13.2 Å². The van der Waals surface area contributed by atoms with E-state index >= 15 is 0 Å². The fourth-order valence-electron chi connectivity index (χ4n) is 1.61. The second kappa shape index (κ2) is 6.96. The first kappa shape index (κ1) is 14.4. The van der Waals surface area contributed by atoms with Gasteiger partial charge in [0.25, 0.3) is 0 Å². The number of hydrogen-bond acceptors (Lipinski definition) is 4. The SMILES string of the molecule is CCOC(OCC)C(O)c1c(Cl)cnn1CC. The fourth-order valence-corrected chi connectivity index (χ4v) is 1.86. The Hall–Kier alpha value is -0.620. The van der Waals surface area contributed by atoms with E-state index in [0.717, 1.165) is 0 Å². The van der Waals surface area contributed by atoms with Crippen LogP contribution < -0.4 is 0 Å². The van der Waals surface area contributed by atoms with Gasteiger partial charge in [-0.15, -0.1) is 0 Å². The summed E-state index contributed by atoms with van der Waals surface area (Å²) >= 11 is 6.01. The highest BCUT2D eigenvalue weighted by Gasteiger charge is 2.27. The molecule has 0 saturated carbocycles. The lowest BCUT2D eigenvalue weighted by Gasteiger charge is -2.23. The molecule has 0 spiro atoms. The van der Waals surface area contributed by atoms with Gasteiger partial charge in [-0.1, -0.05) is 11.6 Å². The Morgan fingerprint density at radius 1 is 1.35 bits per heavy atom. The molecule has 0 aliphatic carbocycles. The Balaban J connectivity index is 2.90. The van der Waals surface area contributed by atoms with Gasteiger partial charge < -0.3 is 14.6 Å². The molecule has 1 rings (SSSR count). The summed E-state index contributed by atoms with van der Waals surface area (Å²) in [7, 11) is 0. The van der Waals surface area contributed by atoms with E-state index in [9.17, 15) is 5.11 Å². The van der Waals surface area contributed by atoms with E-state index < -0.39 is 12.4 Å². The molecule has 0 aliphatic rings. The van der Waals surface area contributed by atoms with Crippen LogP contribution in [0, 0.1) is 0 Å². The van der Waals surface area contributed by atoms with Gasteiger partial charge in [-0.3, -0.25) is 4.68 Å². The van der Waals surface area contributed by atoms with Crippen LogP contribution in [0.15, 0.2) is 6.20 Å². The highest BCUT2D eigenvalue weighted by molar-refractivity contribution is 6.31. The van der Waals surface area contributed by atoms with Crippen LogP contribution in [-0.4, -0.2) is 34.4 Å². The molecule has 5 nitrogen and oxygen atoms in total. The predicted molar refractivity (Wildman–Crippen MR) is 64.9 cm³/mol. The van der Waals surface area contributed by atoms with Crippen LogP contribution in [0.3, 0.4) is 0 Å². The standard InChI is InChI=1S/C11H19ClN2O3/c1-4-14-9(8(12)7-13-14)10(15)11(16-5-2)17-6-3/h7,10-11,15H,4-6H2,1-3H3. The number of aliphatic hydroxyl groups excluding tert-OH is 1. The minimum Gasteiger partial charge on any atom is -0.381 e. The van der Waals surface area contributed by atoms with E-state index in [1.165, 1.54) is 6.20 Å². The monoisotopic (exact) mass is 262 g/mol. The van der Waals surface area contributed by atoms with Gasteiger partial charge in [-0.05, 0) is 20.8 Å². The van der Waals surface area contributed by atoms with Crippen LogP contribution in [0.1, 0.15) is 32.6 Å². The summed E-state index contributed by atoms with van der Waals surface area (Å²) in [4.78, 5) is 0. The smallest absolute Gasteiger partial charge is 0.189 e. The van der Waals surface area contributed by atoms with Gasteiger partial charge in [-0.2, -0.15) is 5.10 Å². The number of ether oxygens (including phenoxy) is 2. The zero-order valence-corrected chi connectivity index (χ0v) is 11.1. The topological polar surface area (TPSA) is 56.5 Å². The second-order valence-electron chi connectivity index (χ2n) is 3.42. The first-order valence-electron chi connectivity index (χ1n) is 5.78. The van der Waals surface area contributed by atoms with Crippen LogP contribution in [0.5, 0.6) is 0 Å². The Labute approximate surface area is 106 Å². The summed E-state index contributed by atoms with van der Waals surface area (Å²) in [6, 6.07) is 0. The molecule has 1 aromatic rings. The summed E-state index contributed by atoms with van der Waals surface area (Å²) in [5.41, 5.74) is 0.529. The number of aliphatic hydroxyl groups is 1. The Morgan fingerprint density at radius 2 is 1.94 bits per heavy atom. The maximum Gasteiger partial charge on any atom is 0.189 e. The van der Waals surface area contributed by atoms with Gasteiger partial charge >= 0.3 is 0 Å². The first-order valence-corrected chi connectivity index (χ1v) is 6.15. The number of aryl methyl sites for hydroxylation is 1. The van der Waals surface area contributed by atoms with Crippen molar-refractivity contribution in [1.29, 1.82) is 0 Å². The molecule has 0 saturated heterocycles. The number of hydrogen-bond donors (Lipinski definition) is 1. The Morgan fingerprint density at radius 3 is 2.41 bits per heavy atom. The first-order chi connectivity index (χ1) is 8.15. The van der Waals surface area contributed by atoms with Gasteiger partial charge in [0, 0.05) is 19.8 Å². The molecule has 1 atom stereocenters. The number of aromatic nitrogens is 2. The lowest BCUT2D eigenvalue weighted by Crippen LogP contribution is -2.27. The fraction of sp³-hybridized carbons (Fsp3) is 0.727. The summed E-state index contributed by atoms with van der Waals surface area (Å²) in [5.74, 6) is 0. The molecule has 0 radical (unpaired) electrons. The molecule has 1 heterocycles. The van der Waals surface area contributed by atoms with Crippen LogP contribution >= 0.6 is 11.6 Å². The van der Waals surface area contributed by atoms with Crippen molar-refractivity contribution in [2.24, 2.45) is 0 Å². The van der Waals surface area contributed by atoms with Crippen molar-refractivity contribution in [3.63, 3.8) is 0 Å². The molecule has 0 amide bonds. The third-order valence-electron chi connectivity index (χ3n) is 2.33. The molecule has 0 fully saturated rings. The minimum atomic E-state index is -0.940. The molecule has 1 unspecified atom stereocenters. The van der Waals surface area contributed by atoms with Crippen molar-refractivity contribution in [2.45, 2.75) is 39.7 Å². The lowest BCUT2D eigenvalue weighted by atomic mass is 10.2. The molecule has 98 valence electrons. The van der Waals surface area contributed by atoms with Gasteiger partial charge in [-0.25, -0.2) is 0 Å². The third kappa shape index (κ3) is 3.42.